The molecule has 0 saturated heterocycles. The quantitative estimate of drug-likeness (QED) is 0.540. The van der Waals surface area contributed by atoms with Crippen molar-refractivity contribution < 1.29 is 8.17 Å². The minimum atomic E-state index is 0.225. The lowest BCUT2D eigenvalue weighted by atomic mass is 10.5. The maximum absolute atomic E-state index is 8.11. The lowest BCUT2D eigenvalue weighted by Gasteiger charge is -1.86. The van der Waals surface area contributed by atoms with Gasteiger partial charge in [0, 0.05) is 6.61 Å². The van der Waals surface area contributed by atoms with Crippen LogP contribution in [0.5, 0.6) is 0 Å². The molecular weight excluding hydrogens is 195 g/mol. The van der Waals surface area contributed by atoms with Gasteiger partial charge in [-0.2, -0.15) is 0 Å². The second-order valence-electron chi connectivity index (χ2n) is 0.890. The average molecular weight is 202 g/mol. The molecule has 0 heterocycles. The number of rotatable bonds is 3. The highest BCUT2D eigenvalue weighted by Gasteiger charge is 1.77. The van der Waals surface area contributed by atoms with E-state index in [1.165, 1.54) is 0 Å². The van der Waals surface area contributed by atoms with Crippen molar-refractivity contribution in [3.05, 3.63) is 0 Å². The van der Waals surface area contributed by atoms with Crippen molar-refractivity contribution in [2.24, 2.45) is 0 Å². The first-order chi connectivity index (χ1) is 2.91. The van der Waals surface area contributed by atoms with E-state index in [0.717, 1.165) is 6.42 Å². The summed E-state index contributed by atoms with van der Waals surface area (Å²) in [5, 5.41) is 8.11. The molecule has 0 atom stereocenters. The Kier molecular flexibility index (Phi) is 6.26. The maximum Gasteiger partial charge on any atom is 0.109 e. The Balaban J connectivity index is 2.34. The molecule has 0 unspecified atom stereocenters. The average Bonchev–Trinajstić information content (AvgIpc) is 1.61. The third kappa shape index (κ3) is 4.65. The Morgan fingerprint density at radius 3 is 2.50 bits per heavy atom. The minimum absolute atomic E-state index is 0.225. The minimum Gasteiger partial charge on any atom is -0.396 e. The maximum atomic E-state index is 8.11. The van der Waals surface area contributed by atoms with Gasteiger partial charge in [0.1, 0.15) is 23.0 Å². The molecule has 0 radical (unpaired) electrons. The second-order valence-corrected chi connectivity index (χ2v) is 1.51. The summed E-state index contributed by atoms with van der Waals surface area (Å²) in [6.07, 6.45) is 0.739. The number of halogens is 1. The molecule has 0 aliphatic rings. The molecule has 0 aromatic rings. The van der Waals surface area contributed by atoms with Crippen molar-refractivity contribution in [3.8, 4) is 0 Å². The molecule has 1 N–H and O–H groups in total. The van der Waals surface area contributed by atoms with Crippen LogP contribution in [0.25, 0.3) is 0 Å². The predicted octanol–water partition coefficient (Wildman–Crippen LogP) is 0.735. The van der Waals surface area contributed by atoms with E-state index in [-0.39, 0.29) is 6.61 Å². The first-order valence-electron chi connectivity index (χ1n) is 1.76. The molecule has 0 rings (SSSR count). The van der Waals surface area contributed by atoms with Gasteiger partial charge in [-0.05, 0) is 6.42 Å². The normalized spacial score (nSPS) is 9.00. The van der Waals surface area contributed by atoms with Crippen LogP contribution in [0.4, 0.5) is 0 Å². The summed E-state index contributed by atoms with van der Waals surface area (Å²) in [6, 6.07) is 0. The highest BCUT2D eigenvalue weighted by Crippen LogP contribution is 1.85. The smallest absolute Gasteiger partial charge is 0.109 e. The summed E-state index contributed by atoms with van der Waals surface area (Å²) >= 11 is 1.80. The van der Waals surface area contributed by atoms with Crippen LogP contribution >= 0.6 is 23.0 Å². The molecular formula is C3H7IO2. The van der Waals surface area contributed by atoms with Crippen molar-refractivity contribution in [2.75, 3.05) is 13.2 Å². The zero-order valence-corrected chi connectivity index (χ0v) is 5.51. The van der Waals surface area contributed by atoms with Crippen LogP contribution in [0, 0.1) is 0 Å². The topological polar surface area (TPSA) is 29.5 Å². The summed E-state index contributed by atoms with van der Waals surface area (Å²) in [6.45, 7) is 0.875. The number of hydrogen-bond acceptors (Lipinski definition) is 2. The van der Waals surface area contributed by atoms with Crippen LogP contribution in [-0.2, 0) is 3.07 Å². The molecule has 6 heavy (non-hydrogen) atoms. The van der Waals surface area contributed by atoms with Crippen molar-refractivity contribution in [1.82, 2.24) is 0 Å². The van der Waals surface area contributed by atoms with Gasteiger partial charge in [0.25, 0.3) is 0 Å². The van der Waals surface area contributed by atoms with Crippen molar-refractivity contribution >= 4 is 23.0 Å². The Hall–Kier alpha value is 0.650. The van der Waals surface area contributed by atoms with E-state index in [2.05, 4.69) is 3.07 Å². The van der Waals surface area contributed by atoms with E-state index < -0.39 is 0 Å². The summed E-state index contributed by atoms with van der Waals surface area (Å²) in [5.74, 6) is 0. The first-order valence-corrected chi connectivity index (χ1v) is 2.64. The standard InChI is InChI=1S/C3H7IO2/c4-6-3-1-2-5/h5H,1-3H2. The van der Waals surface area contributed by atoms with Crippen LogP contribution < -0.4 is 0 Å². The summed E-state index contributed by atoms with van der Waals surface area (Å²) < 4.78 is 4.59. The van der Waals surface area contributed by atoms with Gasteiger partial charge in [0.2, 0.25) is 0 Å². The Morgan fingerprint density at radius 1 is 1.67 bits per heavy atom. The summed E-state index contributed by atoms with van der Waals surface area (Å²) in [7, 11) is 0. The highest BCUT2D eigenvalue weighted by molar-refractivity contribution is 14.1. The van der Waals surface area contributed by atoms with Gasteiger partial charge in [-0.1, -0.05) is 0 Å². The molecule has 0 aliphatic carbocycles. The van der Waals surface area contributed by atoms with E-state index in [4.69, 9.17) is 5.11 Å². The first kappa shape index (κ1) is 6.65. The number of aliphatic hydroxyl groups excluding tert-OH is 1. The Morgan fingerprint density at radius 2 is 2.33 bits per heavy atom. The lowest BCUT2D eigenvalue weighted by Crippen LogP contribution is -1.86. The highest BCUT2D eigenvalue weighted by atomic mass is 127. The van der Waals surface area contributed by atoms with Crippen molar-refractivity contribution in [2.45, 2.75) is 6.42 Å². The number of aliphatic hydroxyl groups is 1. The van der Waals surface area contributed by atoms with Gasteiger partial charge in [-0.15, -0.1) is 0 Å². The van der Waals surface area contributed by atoms with Crippen molar-refractivity contribution in [1.29, 1.82) is 0 Å². The zero-order chi connectivity index (χ0) is 4.83. The third-order valence-electron chi connectivity index (χ3n) is 0.380. The molecule has 0 bridgehead atoms. The molecule has 0 aromatic carbocycles. The van der Waals surface area contributed by atoms with Gasteiger partial charge < -0.3 is 8.17 Å². The monoisotopic (exact) mass is 202 g/mol. The van der Waals surface area contributed by atoms with Gasteiger partial charge in [0.15, 0.2) is 0 Å². The fourth-order valence-electron chi connectivity index (χ4n) is 0.119. The SMILES string of the molecule is OCCCOI. The molecule has 0 aromatic heterocycles. The Labute approximate surface area is 51.2 Å². The predicted molar refractivity (Wildman–Crippen MR) is 31.7 cm³/mol. The molecule has 3 heteroatoms. The van der Waals surface area contributed by atoms with Crippen molar-refractivity contribution in [3.63, 3.8) is 0 Å². The van der Waals surface area contributed by atoms with E-state index in [0.29, 0.717) is 6.61 Å². The summed E-state index contributed by atoms with van der Waals surface area (Å²) in [4.78, 5) is 0. The van der Waals surface area contributed by atoms with E-state index in [1.807, 2.05) is 0 Å². The molecule has 0 aliphatic heterocycles. The largest absolute Gasteiger partial charge is 0.396 e. The number of hydrogen-bond donors (Lipinski definition) is 1. The fraction of sp³-hybridized carbons (Fsp3) is 1.00. The zero-order valence-electron chi connectivity index (χ0n) is 3.35. The molecule has 38 valence electrons. The van der Waals surface area contributed by atoms with Crippen LogP contribution in [0.3, 0.4) is 0 Å². The van der Waals surface area contributed by atoms with Crippen LogP contribution in [-0.4, -0.2) is 18.3 Å². The van der Waals surface area contributed by atoms with Gasteiger partial charge in [-0.25, -0.2) is 0 Å². The van der Waals surface area contributed by atoms with Crippen LogP contribution in [0.15, 0.2) is 0 Å². The molecule has 0 fully saturated rings. The van der Waals surface area contributed by atoms with Crippen LogP contribution in [0.1, 0.15) is 6.42 Å². The Bertz CT molecular complexity index is 20.8. The van der Waals surface area contributed by atoms with E-state index >= 15 is 0 Å². The summed E-state index contributed by atoms with van der Waals surface area (Å²) in [5.41, 5.74) is 0. The van der Waals surface area contributed by atoms with Crippen LogP contribution in [0.2, 0.25) is 0 Å². The van der Waals surface area contributed by atoms with E-state index in [9.17, 15) is 0 Å². The van der Waals surface area contributed by atoms with Gasteiger partial charge in [0.05, 0.1) is 6.61 Å². The fourth-order valence-corrected chi connectivity index (χ4v) is 0.431. The lowest BCUT2D eigenvalue weighted by molar-refractivity contribution is 0.260. The van der Waals surface area contributed by atoms with Gasteiger partial charge >= 0.3 is 0 Å². The second kappa shape index (κ2) is 5.65. The molecule has 2 nitrogen and oxygen atoms in total. The third-order valence-corrected chi connectivity index (χ3v) is 0.820. The van der Waals surface area contributed by atoms with Gasteiger partial charge in [-0.3, -0.25) is 0 Å². The molecule has 0 amide bonds. The molecule has 0 saturated carbocycles. The van der Waals surface area contributed by atoms with E-state index in [1.54, 1.807) is 23.0 Å². The molecule has 0 spiro atoms.